The monoisotopic (exact) mass is 602 g/mol. The van der Waals surface area contributed by atoms with Crippen molar-refractivity contribution in [3.63, 3.8) is 0 Å². The molecule has 41 heavy (non-hydrogen) atoms. The Morgan fingerprint density at radius 3 is 1.20 bits per heavy atom. The van der Waals surface area contributed by atoms with Crippen LogP contribution in [0.25, 0.3) is 0 Å². The van der Waals surface area contributed by atoms with Crippen molar-refractivity contribution < 1.29 is 42.9 Å². The predicted octanol–water partition coefficient (Wildman–Crippen LogP) is 2.54. The minimum atomic E-state index is -0.689. The summed E-state index contributed by atoms with van der Waals surface area (Å²) in [6.07, 6.45) is 0.0825. The third-order valence-electron chi connectivity index (χ3n) is 3.40. The lowest BCUT2D eigenvalue weighted by molar-refractivity contribution is -0.198. The van der Waals surface area contributed by atoms with Crippen molar-refractivity contribution in [3.8, 4) is 0 Å². The average Bonchev–Trinajstić information content (AvgIpc) is 3.34. The summed E-state index contributed by atoms with van der Waals surface area (Å²) >= 11 is 0. The molecule has 0 atom stereocenters. The van der Waals surface area contributed by atoms with Crippen LogP contribution in [0.15, 0.2) is 0 Å². The van der Waals surface area contributed by atoms with Gasteiger partial charge < -0.3 is 45.3 Å². The van der Waals surface area contributed by atoms with E-state index in [4.69, 9.17) is 34.3 Å². The summed E-state index contributed by atoms with van der Waals surface area (Å²) in [5, 5.41) is 3.27. The molecule has 0 bridgehead atoms. The topological polar surface area (TPSA) is 174 Å². The number of hydrogen-bond acceptors (Lipinski definition) is 12. The Kier molecular flexibility index (Phi) is 68.9. The highest BCUT2D eigenvalue weighted by Crippen LogP contribution is 2.12. The second-order valence-electron chi connectivity index (χ2n) is 6.15. The maximum absolute atomic E-state index is 11.5. The SMILES string of the molecule is CC.CC.CC.CC.CN.CNC.NCCOCCOCCOCCOCCOCCC(=O)ON1C(=O)CCC1=O. The van der Waals surface area contributed by atoms with Crippen LogP contribution in [0, 0.1) is 0 Å². The van der Waals surface area contributed by atoms with E-state index in [2.05, 4.69) is 11.1 Å². The number of imide groups is 1. The Bertz CT molecular complexity index is 473. The molecule has 1 aliphatic rings. The first kappa shape index (κ1) is 52.0. The fourth-order valence-corrected chi connectivity index (χ4v) is 2.03. The zero-order valence-corrected chi connectivity index (χ0v) is 28.2. The fraction of sp³-hybridized carbons (Fsp3) is 0.893. The maximum Gasteiger partial charge on any atom is 0.335 e. The highest BCUT2D eigenvalue weighted by atomic mass is 16.7. The number of ether oxygens (including phenoxy) is 5. The Balaban J connectivity index is -0.000000204. The molecule has 13 nitrogen and oxygen atoms in total. The molecule has 0 unspecified atom stereocenters. The molecule has 0 aromatic heterocycles. The zero-order chi connectivity index (χ0) is 33.2. The minimum Gasteiger partial charge on any atom is -0.378 e. The molecule has 1 heterocycles. The number of hydrogen-bond donors (Lipinski definition) is 3. The van der Waals surface area contributed by atoms with E-state index >= 15 is 0 Å². The number of nitrogens with one attached hydrogen (secondary N) is 1. The van der Waals surface area contributed by atoms with Crippen LogP contribution in [0.1, 0.15) is 74.7 Å². The number of rotatable bonds is 18. The lowest BCUT2D eigenvalue weighted by Gasteiger charge is -2.12. The molecule has 0 aromatic carbocycles. The predicted molar refractivity (Wildman–Crippen MR) is 165 cm³/mol. The smallest absolute Gasteiger partial charge is 0.335 e. The summed E-state index contributed by atoms with van der Waals surface area (Å²) in [4.78, 5) is 38.8. The molecular weight excluding hydrogens is 536 g/mol. The average molecular weight is 603 g/mol. The third kappa shape index (κ3) is 45.5. The van der Waals surface area contributed by atoms with E-state index < -0.39 is 17.8 Å². The summed E-state index contributed by atoms with van der Waals surface area (Å²) in [6.45, 7) is 20.7. The van der Waals surface area contributed by atoms with Crippen LogP contribution in [0.5, 0.6) is 0 Å². The number of nitrogens with zero attached hydrogens (tertiary/aromatic N) is 1. The molecule has 1 aliphatic heterocycles. The minimum absolute atomic E-state index is 0.0581. The van der Waals surface area contributed by atoms with Crippen molar-refractivity contribution in [2.24, 2.45) is 11.5 Å². The largest absolute Gasteiger partial charge is 0.378 e. The molecule has 0 spiro atoms. The molecular formula is C28H66N4O9. The van der Waals surface area contributed by atoms with Crippen molar-refractivity contribution in [1.29, 1.82) is 0 Å². The Labute approximate surface area is 251 Å². The zero-order valence-electron chi connectivity index (χ0n) is 28.2. The molecule has 1 saturated heterocycles. The van der Waals surface area contributed by atoms with Crippen molar-refractivity contribution in [2.45, 2.75) is 74.7 Å². The van der Waals surface area contributed by atoms with Crippen molar-refractivity contribution in [1.82, 2.24) is 10.4 Å². The Hall–Kier alpha value is -1.71. The van der Waals surface area contributed by atoms with Crippen molar-refractivity contribution >= 4 is 17.8 Å². The van der Waals surface area contributed by atoms with Gasteiger partial charge in [-0.05, 0) is 21.1 Å². The Morgan fingerprint density at radius 1 is 0.634 bits per heavy atom. The van der Waals surface area contributed by atoms with Gasteiger partial charge in [-0.3, -0.25) is 9.59 Å². The van der Waals surface area contributed by atoms with E-state index in [0.29, 0.717) is 71.1 Å². The van der Waals surface area contributed by atoms with Crippen LogP contribution in [-0.2, 0) is 42.9 Å². The molecule has 0 radical (unpaired) electrons. The van der Waals surface area contributed by atoms with Gasteiger partial charge in [0.25, 0.3) is 11.8 Å². The highest BCUT2D eigenvalue weighted by Gasteiger charge is 2.32. The lowest BCUT2D eigenvalue weighted by atomic mass is 10.4. The van der Waals surface area contributed by atoms with Crippen molar-refractivity contribution in [3.05, 3.63) is 0 Å². The second kappa shape index (κ2) is 54.4. The molecule has 5 N–H and O–H groups in total. The molecule has 0 saturated carbocycles. The van der Waals surface area contributed by atoms with Crippen LogP contribution in [0.3, 0.4) is 0 Å². The maximum atomic E-state index is 11.5. The van der Waals surface area contributed by atoms with Gasteiger partial charge in [0.05, 0.1) is 72.5 Å². The van der Waals surface area contributed by atoms with E-state index in [9.17, 15) is 14.4 Å². The van der Waals surface area contributed by atoms with Crippen LogP contribution in [0.4, 0.5) is 0 Å². The van der Waals surface area contributed by atoms with E-state index in [1.54, 1.807) is 0 Å². The second-order valence-corrected chi connectivity index (χ2v) is 6.15. The summed E-state index contributed by atoms with van der Waals surface area (Å²) < 4.78 is 26.3. The summed E-state index contributed by atoms with van der Waals surface area (Å²) in [5.41, 5.74) is 9.78. The van der Waals surface area contributed by atoms with E-state index in [1.807, 2.05) is 69.5 Å². The van der Waals surface area contributed by atoms with Crippen LogP contribution < -0.4 is 16.8 Å². The van der Waals surface area contributed by atoms with Gasteiger partial charge in [0.2, 0.25) is 0 Å². The summed E-state index contributed by atoms with van der Waals surface area (Å²) in [5.74, 6) is -1.69. The van der Waals surface area contributed by atoms with Gasteiger partial charge >= 0.3 is 5.97 Å². The van der Waals surface area contributed by atoms with Crippen LogP contribution in [0.2, 0.25) is 0 Å². The van der Waals surface area contributed by atoms with Gasteiger partial charge in [-0.2, -0.15) is 0 Å². The molecule has 0 aliphatic carbocycles. The van der Waals surface area contributed by atoms with Gasteiger partial charge in [0, 0.05) is 19.4 Å². The first-order valence-corrected chi connectivity index (χ1v) is 14.9. The van der Waals surface area contributed by atoms with Gasteiger partial charge in [0.15, 0.2) is 0 Å². The van der Waals surface area contributed by atoms with Gasteiger partial charge in [0.1, 0.15) is 0 Å². The fourth-order valence-electron chi connectivity index (χ4n) is 2.03. The Morgan fingerprint density at radius 2 is 0.902 bits per heavy atom. The quantitative estimate of drug-likeness (QED) is 0.155. The third-order valence-corrected chi connectivity index (χ3v) is 3.40. The standard InChI is InChI=1S/C17H30N2O9.C2H7N.4C2H6.CH5N/c18-4-6-24-8-10-26-12-14-27-13-11-25-9-7-23-5-3-17(22)28-19-15(20)1-2-16(19)21;1-3-2;5*1-2/h1-14,18H2;3H,1-2H3;4*1-2H3;2H2,1H3. The van der Waals surface area contributed by atoms with E-state index in [-0.39, 0.29) is 25.9 Å². The van der Waals surface area contributed by atoms with E-state index in [0.717, 1.165) is 0 Å². The number of nitrogens with two attached hydrogens (primary N) is 2. The first-order chi connectivity index (χ1) is 20.1. The molecule has 2 amide bonds. The van der Waals surface area contributed by atoms with Crippen LogP contribution in [-0.4, -0.2) is 117 Å². The van der Waals surface area contributed by atoms with E-state index in [1.165, 1.54) is 7.05 Å². The van der Waals surface area contributed by atoms with Crippen molar-refractivity contribution in [2.75, 3.05) is 93.8 Å². The molecule has 0 aromatic rings. The normalized spacial score (nSPS) is 10.8. The molecule has 13 heteroatoms. The molecule has 1 fully saturated rings. The molecule has 1 rings (SSSR count). The van der Waals surface area contributed by atoms with Gasteiger partial charge in [-0.15, -0.1) is 5.06 Å². The summed E-state index contributed by atoms with van der Waals surface area (Å²) in [6, 6.07) is 0. The number of hydroxylamine groups is 2. The van der Waals surface area contributed by atoms with Gasteiger partial charge in [-0.25, -0.2) is 4.79 Å². The first-order valence-electron chi connectivity index (χ1n) is 14.9. The lowest BCUT2D eigenvalue weighted by Crippen LogP contribution is -2.32. The number of carbonyl (C=O) groups excluding carboxylic acids is 3. The van der Waals surface area contributed by atoms with Crippen LogP contribution >= 0.6 is 0 Å². The van der Waals surface area contributed by atoms with Gasteiger partial charge in [-0.1, -0.05) is 55.4 Å². The highest BCUT2D eigenvalue weighted by molar-refractivity contribution is 6.01. The number of carbonyl (C=O) groups is 3. The number of amides is 2. The molecule has 252 valence electrons. The summed E-state index contributed by atoms with van der Waals surface area (Å²) in [7, 11) is 5.25.